The van der Waals surface area contributed by atoms with E-state index in [0.29, 0.717) is 25.2 Å². The molecule has 0 bridgehead atoms. The second kappa shape index (κ2) is 10.1. The highest BCUT2D eigenvalue weighted by molar-refractivity contribution is 8.14. The van der Waals surface area contributed by atoms with Crippen LogP contribution < -0.4 is 5.32 Å². The lowest BCUT2D eigenvalue weighted by molar-refractivity contribution is -0.125. The number of aryl methyl sites for hydroxylation is 1. The average Bonchev–Trinajstić information content (AvgIpc) is 3.46. The number of nitrogens with one attached hydrogen (secondary N) is 1. The van der Waals surface area contributed by atoms with Gasteiger partial charge in [-0.25, -0.2) is 8.42 Å². The molecule has 2 heterocycles. The van der Waals surface area contributed by atoms with Crippen molar-refractivity contribution in [3.8, 4) is 0 Å². The third-order valence-corrected chi connectivity index (χ3v) is 8.46. The van der Waals surface area contributed by atoms with Crippen LogP contribution in [-0.2, 0) is 32.6 Å². The van der Waals surface area contributed by atoms with Gasteiger partial charge in [0.2, 0.25) is 21.8 Å². The van der Waals surface area contributed by atoms with E-state index in [4.69, 9.17) is 0 Å². The van der Waals surface area contributed by atoms with E-state index in [-0.39, 0.29) is 40.7 Å². The Labute approximate surface area is 197 Å². The summed E-state index contributed by atoms with van der Waals surface area (Å²) in [5.74, 6) is -0.161. The molecule has 0 spiro atoms. The van der Waals surface area contributed by atoms with Crippen molar-refractivity contribution in [3.63, 3.8) is 0 Å². The van der Waals surface area contributed by atoms with Gasteiger partial charge in [-0.1, -0.05) is 36.0 Å². The van der Waals surface area contributed by atoms with Gasteiger partial charge < -0.3 is 5.32 Å². The fourth-order valence-electron chi connectivity index (χ4n) is 3.80. The summed E-state index contributed by atoms with van der Waals surface area (Å²) in [5, 5.41) is 2.59. The van der Waals surface area contributed by atoms with Gasteiger partial charge >= 0.3 is 0 Å². The Balaban J connectivity index is 1.27. The molecular formula is C23H25N3O5S2. The predicted octanol–water partition coefficient (Wildman–Crippen LogP) is 3.24. The lowest BCUT2D eigenvalue weighted by Crippen LogP contribution is -2.27. The molecule has 4 rings (SSSR count). The van der Waals surface area contributed by atoms with Crippen LogP contribution in [0.5, 0.6) is 0 Å². The first-order chi connectivity index (χ1) is 15.8. The highest BCUT2D eigenvalue weighted by Crippen LogP contribution is 2.23. The number of imide groups is 1. The number of rotatable bonds is 8. The van der Waals surface area contributed by atoms with E-state index in [1.807, 2.05) is 0 Å². The van der Waals surface area contributed by atoms with Gasteiger partial charge in [-0.2, -0.15) is 4.31 Å². The van der Waals surface area contributed by atoms with E-state index in [1.54, 1.807) is 48.5 Å². The smallest absolute Gasteiger partial charge is 0.289 e. The maximum absolute atomic E-state index is 12.6. The van der Waals surface area contributed by atoms with Gasteiger partial charge in [0.15, 0.2) is 0 Å². The van der Waals surface area contributed by atoms with E-state index in [9.17, 15) is 22.8 Å². The summed E-state index contributed by atoms with van der Waals surface area (Å²) in [6.07, 6.45) is 2.54. The number of anilines is 1. The molecule has 1 N–H and O–H groups in total. The van der Waals surface area contributed by atoms with E-state index < -0.39 is 10.0 Å². The first-order valence-corrected chi connectivity index (χ1v) is 13.2. The van der Waals surface area contributed by atoms with Crippen molar-refractivity contribution in [2.24, 2.45) is 0 Å². The Morgan fingerprint density at radius 1 is 0.939 bits per heavy atom. The molecule has 0 unspecified atom stereocenters. The average molecular weight is 488 g/mol. The Bertz CT molecular complexity index is 1130. The minimum absolute atomic E-state index is 0.155. The Morgan fingerprint density at radius 3 is 2.18 bits per heavy atom. The van der Waals surface area contributed by atoms with Crippen LogP contribution in [0.4, 0.5) is 10.5 Å². The second-order valence-electron chi connectivity index (χ2n) is 8.03. The summed E-state index contributed by atoms with van der Waals surface area (Å²) >= 11 is 1.00. The van der Waals surface area contributed by atoms with Gasteiger partial charge in [-0.3, -0.25) is 19.3 Å². The molecule has 2 aliphatic rings. The van der Waals surface area contributed by atoms with Crippen LogP contribution in [0, 0.1) is 0 Å². The van der Waals surface area contributed by atoms with E-state index in [1.165, 1.54) is 9.21 Å². The normalized spacial score (nSPS) is 17.0. The molecule has 0 aliphatic carbocycles. The zero-order valence-corrected chi connectivity index (χ0v) is 19.7. The molecule has 0 atom stereocenters. The Kier molecular flexibility index (Phi) is 7.16. The second-order valence-corrected chi connectivity index (χ2v) is 10.9. The molecule has 2 fully saturated rings. The van der Waals surface area contributed by atoms with Crippen molar-refractivity contribution in [2.75, 3.05) is 24.2 Å². The zero-order valence-electron chi connectivity index (χ0n) is 18.0. The van der Waals surface area contributed by atoms with Crippen LogP contribution >= 0.6 is 11.8 Å². The number of amides is 3. The van der Waals surface area contributed by atoms with Crippen molar-refractivity contribution < 1.29 is 22.8 Å². The largest absolute Gasteiger partial charge is 0.326 e. The number of benzene rings is 2. The lowest BCUT2D eigenvalue weighted by atomic mass is 10.1. The quantitative estimate of drug-likeness (QED) is 0.613. The van der Waals surface area contributed by atoms with E-state index in [0.717, 1.165) is 35.7 Å². The van der Waals surface area contributed by atoms with Gasteiger partial charge in [-0.05, 0) is 54.7 Å². The molecule has 2 aromatic rings. The van der Waals surface area contributed by atoms with Crippen molar-refractivity contribution in [3.05, 3.63) is 59.7 Å². The standard InChI is InChI=1S/C23H25N3O5S2/c27-21(24-19-8-3-18(4-9-19)15-26-22(28)16-32-23(26)29)12-7-17-5-10-20(11-6-17)33(30,31)25-13-1-2-14-25/h3-6,8-11H,1-2,7,12-16H2,(H,24,27). The lowest BCUT2D eigenvalue weighted by Gasteiger charge is -2.15. The first-order valence-electron chi connectivity index (χ1n) is 10.8. The van der Waals surface area contributed by atoms with Crippen LogP contribution in [0.2, 0.25) is 0 Å². The molecule has 2 aromatic carbocycles. The number of hydrogen-bond donors (Lipinski definition) is 1. The minimum Gasteiger partial charge on any atom is -0.326 e. The number of thioether (sulfide) groups is 1. The molecular weight excluding hydrogens is 462 g/mol. The summed E-state index contributed by atoms with van der Waals surface area (Å²) in [5.41, 5.74) is 2.32. The van der Waals surface area contributed by atoms with Gasteiger partial charge in [0.25, 0.3) is 5.24 Å². The Morgan fingerprint density at radius 2 is 1.58 bits per heavy atom. The molecule has 2 aliphatic heterocycles. The summed E-state index contributed by atoms with van der Waals surface area (Å²) < 4.78 is 26.7. The van der Waals surface area contributed by atoms with Crippen molar-refractivity contribution in [2.45, 2.75) is 37.1 Å². The molecule has 0 radical (unpaired) electrons. The zero-order chi connectivity index (χ0) is 23.4. The molecule has 0 saturated carbocycles. The third kappa shape index (κ3) is 5.63. The van der Waals surface area contributed by atoms with Crippen molar-refractivity contribution >= 4 is 44.5 Å². The molecule has 3 amide bonds. The monoisotopic (exact) mass is 487 g/mol. The minimum atomic E-state index is -3.43. The van der Waals surface area contributed by atoms with E-state index >= 15 is 0 Å². The third-order valence-electron chi connectivity index (χ3n) is 5.69. The van der Waals surface area contributed by atoms with Crippen molar-refractivity contribution in [1.82, 2.24) is 9.21 Å². The topological polar surface area (TPSA) is 104 Å². The molecule has 33 heavy (non-hydrogen) atoms. The summed E-state index contributed by atoms with van der Waals surface area (Å²) in [4.78, 5) is 37.2. The number of nitrogens with zero attached hydrogens (tertiary/aromatic N) is 2. The molecule has 10 heteroatoms. The maximum Gasteiger partial charge on any atom is 0.289 e. The molecule has 174 valence electrons. The van der Waals surface area contributed by atoms with Crippen molar-refractivity contribution in [1.29, 1.82) is 0 Å². The summed E-state index contributed by atoms with van der Waals surface area (Å²) in [6.45, 7) is 1.36. The summed E-state index contributed by atoms with van der Waals surface area (Å²) in [6, 6.07) is 13.8. The van der Waals surface area contributed by atoms with Gasteiger partial charge in [0.1, 0.15) is 0 Å². The van der Waals surface area contributed by atoms with Crippen LogP contribution in [0.15, 0.2) is 53.4 Å². The van der Waals surface area contributed by atoms with Gasteiger partial charge in [0.05, 0.1) is 17.2 Å². The highest BCUT2D eigenvalue weighted by atomic mass is 32.2. The van der Waals surface area contributed by atoms with Gasteiger partial charge in [-0.15, -0.1) is 0 Å². The summed E-state index contributed by atoms with van der Waals surface area (Å²) in [7, 11) is -3.43. The van der Waals surface area contributed by atoms with E-state index in [2.05, 4.69) is 5.32 Å². The number of carbonyl (C=O) groups is 3. The highest BCUT2D eigenvalue weighted by Gasteiger charge is 2.29. The predicted molar refractivity (Wildman–Crippen MR) is 126 cm³/mol. The van der Waals surface area contributed by atoms with Crippen LogP contribution in [0.25, 0.3) is 0 Å². The molecule has 0 aromatic heterocycles. The van der Waals surface area contributed by atoms with Crippen LogP contribution in [-0.4, -0.2) is 53.5 Å². The first kappa shape index (κ1) is 23.5. The fraction of sp³-hybridized carbons (Fsp3) is 0.348. The maximum atomic E-state index is 12.6. The van der Waals surface area contributed by atoms with Gasteiger partial charge in [0, 0.05) is 25.2 Å². The van der Waals surface area contributed by atoms with Crippen LogP contribution in [0.3, 0.4) is 0 Å². The fourth-order valence-corrected chi connectivity index (χ4v) is 6.04. The number of hydrogen-bond acceptors (Lipinski definition) is 6. The molecule has 8 nitrogen and oxygen atoms in total. The Hall–Kier alpha value is -2.69. The number of sulfonamides is 1. The SMILES string of the molecule is O=C(CCc1ccc(S(=O)(=O)N2CCCC2)cc1)Nc1ccc(CN2C(=O)CSC2=O)cc1. The number of carbonyl (C=O) groups excluding carboxylic acids is 3. The molecule has 2 saturated heterocycles. The van der Waals surface area contributed by atoms with Crippen LogP contribution in [0.1, 0.15) is 30.4 Å².